The van der Waals surface area contributed by atoms with E-state index in [9.17, 15) is 22.8 Å². The number of rotatable bonds is 5. The molecule has 10 heteroatoms. The van der Waals surface area contributed by atoms with Crippen LogP contribution in [0.1, 0.15) is 23.2 Å². The summed E-state index contributed by atoms with van der Waals surface area (Å²) in [7, 11) is 0. The molecular formula is C16H14F3N3O4. The van der Waals surface area contributed by atoms with E-state index in [1.807, 2.05) is 0 Å². The van der Waals surface area contributed by atoms with E-state index in [0.29, 0.717) is 18.2 Å². The normalized spacial score (nSPS) is 17.2. The number of amides is 2. The molecule has 1 aromatic heterocycles. The molecule has 1 unspecified atom stereocenters. The molecule has 1 fully saturated rings. The number of nitrogens with zero attached hydrogens (tertiary/aromatic N) is 1. The van der Waals surface area contributed by atoms with Gasteiger partial charge in [-0.1, -0.05) is 0 Å². The zero-order valence-corrected chi connectivity index (χ0v) is 13.3. The number of aromatic nitrogens is 1. The van der Waals surface area contributed by atoms with Crippen LogP contribution >= 0.6 is 0 Å². The fraction of sp³-hybridized carbons (Fsp3) is 0.312. The maximum Gasteiger partial charge on any atom is 0.573 e. The van der Waals surface area contributed by atoms with Crippen molar-refractivity contribution in [2.24, 2.45) is 5.73 Å². The van der Waals surface area contributed by atoms with Crippen molar-refractivity contribution >= 4 is 22.6 Å². The molecule has 1 aliphatic rings. The largest absolute Gasteiger partial charge is 0.573 e. The van der Waals surface area contributed by atoms with Crippen LogP contribution in [0.25, 0.3) is 10.8 Å². The SMILES string of the molecule is NC(=O)c1cc2ccnc(OCC3CCC(=O)N3)c2cc1OC(F)(F)F. The minimum atomic E-state index is -4.99. The lowest BCUT2D eigenvalue weighted by molar-refractivity contribution is -0.274. The van der Waals surface area contributed by atoms with Crippen molar-refractivity contribution in [2.75, 3.05) is 6.61 Å². The third-order valence-electron chi connectivity index (χ3n) is 3.83. The molecule has 138 valence electrons. The van der Waals surface area contributed by atoms with Gasteiger partial charge in [0.2, 0.25) is 11.8 Å². The lowest BCUT2D eigenvalue weighted by atomic mass is 10.1. The number of hydrogen-bond acceptors (Lipinski definition) is 5. The average Bonchev–Trinajstić information content (AvgIpc) is 2.96. The highest BCUT2D eigenvalue weighted by Gasteiger charge is 2.33. The van der Waals surface area contributed by atoms with Crippen molar-refractivity contribution < 1.29 is 32.2 Å². The maximum atomic E-state index is 12.6. The van der Waals surface area contributed by atoms with Crippen LogP contribution in [-0.2, 0) is 4.79 Å². The van der Waals surface area contributed by atoms with Crippen LogP contribution in [-0.4, -0.2) is 35.8 Å². The molecule has 3 rings (SSSR count). The van der Waals surface area contributed by atoms with Gasteiger partial charge in [0, 0.05) is 18.0 Å². The van der Waals surface area contributed by atoms with E-state index in [1.54, 1.807) is 0 Å². The topological polar surface area (TPSA) is 104 Å². The van der Waals surface area contributed by atoms with E-state index in [1.165, 1.54) is 18.3 Å². The number of nitrogens with two attached hydrogens (primary N) is 1. The van der Waals surface area contributed by atoms with Gasteiger partial charge in [0.1, 0.15) is 12.4 Å². The number of nitrogens with one attached hydrogen (secondary N) is 1. The van der Waals surface area contributed by atoms with Crippen molar-refractivity contribution in [1.29, 1.82) is 0 Å². The van der Waals surface area contributed by atoms with Crippen LogP contribution in [0.2, 0.25) is 0 Å². The number of benzene rings is 1. The first-order chi connectivity index (χ1) is 12.2. The Balaban J connectivity index is 1.95. The summed E-state index contributed by atoms with van der Waals surface area (Å²) in [5.74, 6) is -1.81. The van der Waals surface area contributed by atoms with E-state index in [-0.39, 0.29) is 29.8 Å². The third-order valence-corrected chi connectivity index (χ3v) is 3.83. The Bertz CT molecular complexity index is 870. The van der Waals surface area contributed by atoms with E-state index >= 15 is 0 Å². The summed E-state index contributed by atoms with van der Waals surface area (Å²) in [6.45, 7) is 0.116. The molecule has 2 heterocycles. The predicted octanol–water partition coefficient (Wildman–Crippen LogP) is 1.89. The van der Waals surface area contributed by atoms with Gasteiger partial charge in [0.25, 0.3) is 5.91 Å². The smallest absolute Gasteiger partial charge is 0.475 e. The molecule has 0 radical (unpaired) electrons. The number of pyridine rings is 1. The summed E-state index contributed by atoms with van der Waals surface area (Å²) < 4.78 is 47.3. The Morgan fingerprint density at radius 2 is 2.15 bits per heavy atom. The van der Waals surface area contributed by atoms with Crippen molar-refractivity contribution in [1.82, 2.24) is 10.3 Å². The number of hydrogen-bond donors (Lipinski definition) is 2. The van der Waals surface area contributed by atoms with E-state index in [4.69, 9.17) is 10.5 Å². The molecule has 0 bridgehead atoms. The van der Waals surface area contributed by atoms with Crippen molar-refractivity contribution in [3.63, 3.8) is 0 Å². The number of ether oxygens (including phenoxy) is 2. The quantitative estimate of drug-likeness (QED) is 0.838. The molecule has 2 amide bonds. The molecule has 7 nitrogen and oxygen atoms in total. The Morgan fingerprint density at radius 3 is 2.77 bits per heavy atom. The lowest BCUT2D eigenvalue weighted by Gasteiger charge is -2.15. The number of carbonyl (C=O) groups excluding carboxylic acids is 2. The first-order valence-corrected chi connectivity index (χ1v) is 7.63. The minimum Gasteiger partial charge on any atom is -0.475 e. The fourth-order valence-electron chi connectivity index (χ4n) is 2.67. The molecule has 0 spiro atoms. The summed E-state index contributed by atoms with van der Waals surface area (Å²) in [4.78, 5) is 26.7. The monoisotopic (exact) mass is 369 g/mol. The zero-order valence-electron chi connectivity index (χ0n) is 13.3. The van der Waals surface area contributed by atoms with Gasteiger partial charge in [-0.2, -0.15) is 0 Å². The van der Waals surface area contributed by atoms with Crippen molar-refractivity contribution in [2.45, 2.75) is 25.2 Å². The summed E-state index contributed by atoms with van der Waals surface area (Å²) in [5.41, 5.74) is 4.74. The summed E-state index contributed by atoms with van der Waals surface area (Å²) >= 11 is 0. The second-order valence-electron chi connectivity index (χ2n) is 5.71. The second-order valence-corrected chi connectivity index (χ2v) is 5.71. The van der Waals surface area contributed by atoms with E-state index in [0.717, 1.165) is 6.07 Å². The molecule has 0 aliphatic carbocycles. The Kier molecular flexibility index (Phi) is 4.58. The molecule has 3 N–H and O–H groups in total. The molecular weight excluding hydrogens is 355 g/mol. The lowest BCUT2D eigenvalue weighted by Crippen LogP contribution is -2.31. The number of alkyl halides is 3. The second kappa shape index (κ2) is 6.70. The molecule has 0 saturated carbocycles. The highest BCUT2D eigenvalue weighted by molar-refractivity contribution is 6.01. The number of fused-ring (bicyclic) bond motifs is 1. The van der Waals surface area contributed by atoms with Crippen molar-refractivity contribution in [3.8, 4) is 11.6 Å². The van der Waals surface area contributed by atoms with Gasteiger partial charge >= 0.3 is 6.36 Å². The van der Waals surface area contributed by atoms with Gasteiger partial charge in [0.15, 0.2) is 0 Å². The highest BCUT2D eigenvalue weighted by Crippen LogP contribution is 2.33. The average molecular weight is 369 g/mol. The van der Waals surface area contributed by atoms with E-state index in [2.05, 4.69) is 15.0 Å². The number of carbonyl (C=O) groups is 2. The van der Waals surface area contributed by atoms with Gasteiger partial charge < -0.3 is 20.5 Å². The fourth-order valence-corrected chi connectivity index (χ4v) is 2.67. The first kappa shape index (κ1) is 17.8. The Hall–Kier alpha value is -3.04. The van der Waals surface area contributed by atoms with Crippen LogP contribution in [0, 0.1) is 0 Å². The molecule has 1 aliphatic heterocycles. The minimum absolute atomic E-state index is 0.0618. The summed E-state index contributed by atoms with van der Waals surface area (Å²) in [5, 5.41) is 3.35. The van der Waals surface area contributed by atoms with Crippen molar-refractivity contribution in [3.05, 3.63) is 30.0 Å². The van der Waals surface area contributed by atoms with Crippen LogP contribution in [0.3, 0.4) is 0 Å². The molecule has 26 heavy (non-hydrogen) atoms. The van der Waals surface area contributed by atoms with Gasteiger partial charge in [0.05, 0.1) is 11.6 Å². The Labute approximate surface area is 145 Å². The van der Waals surface area contributed by atoms with Crippen LogP contribution in [0.4, 0.5) is 13.2 Å². The first-order valence-electron chi connectivity index (χ1n) is 7.63. The van der Waals surface area contributed by atoms with E-state index < -0.39 is 23.6 Å². The van der Waals surface area contributed by atoms with Gasteiger partial charge in [-0.15, -0.1) is 13.2 Å². The standard InChI is InChI=1S/C16H14F3N3O4/c17-16(18,19)26-12-6-10-8(5-11(12)14(20)24)3-4-21-15(10)25-7-9-1-2-13(23)22-9/h3-6,9H,1-2,7H2,(H2,20,24)(H,22,23). The van der Waals surface area contributed by atoms with Crippen LogP contribution < -0.4 is 20.5 Å². The third kappa shape index (κ3) is 3.95. The number of primary amides is 1. The van der Waals surface area contributed by atoms with Crippen LogP contribution in [0.5, 0.6) is 11.6 Å². The molecule has 2 aromatic rings. The summed E-state index contributed by atoms with van der Waals surface area (Å²) in [6, 6.07) is 3.50. The molecule has 1 saturated heterocycles. The Morgan fingerprint density at radius 1 is 1.38 bits per heavy atom. The highest BCUT2D eigenvalue weighted by atomic mass is 19.4. The zero-order chi connectivity index (χ0) is 18.9. The van der Waals surface area contributed by atoms with Gasteiger partial charge in [-0.05, 0) is 30.0 Å². The number of halogens is 3. The van der Waals surface area contributed by atoms with Gasteiger partial charge in [-0.25, -0.2) is 4.98 Å². The van der Waals surface area contributed by atoms with Crippen LogP contribution in [0.15, 0.2) is 24.4 Å². The maximum absolute atomic E-state index is 12.6. The molecule has 1 atom stereocenters. The predicted molar refractivity (Wildman–Crippen MR) is 83.6 cm³/mol. The summed E-state index contributed by atoms with van der Waals surface area (Å²) in [6.07, 6.45) is -2.62. The van der Waals surface area contributed by atoms with Gasteiger partial charge in [-0.3, -0.25) is 9.59 Å². The molecule has 1 aromatic carbocycles.